The van der Waals surface area contributed by atoms with Crippen molar-refractivity contribution in [1.29, 1.82) is 0 Å². The number of carbonyl (C=O) groups is 1. The lowest BCUT2D eigenvalue weighted by molar-refractivity contribution is -0.126. The van der Waals surface area contributed by atoms with Crippen molar-refractivity contribution in [2.45, 2.75) is 69.3 Å². The van der Waals surface area contributed by atoms with E-state index in [1.807, 2.05) is 11.8 Å². The molecule has 2 atom stereocenters. The monoisotopic (exact) mass is 530 g/mol. The Kier molecular flexibility index (Phi) is 6.39. The van der Waals surface area contributed by atoms with E-state index in [0.717, 1.165) is 55.6 Å². The van der Waals surface area contributed by atoms with Gasteiger partial charge in [-0.25, -0.2) is 13.8 Å². The normalized spacial score (nSPS) is 23.1. The first kappa shape index (κ1) is 25.2. The Hall–Kier alpha value is -2.47. The van der Waals surface area contributed by atoms with Gasteiger partial charge < -0.3 is 19.9 Å². The molecule has 5 rings (SSSR count). The van der Waals surface area contributed by atoms with E-state index in [4.69, 9.17) is 4.74 Å². The summed E-state index contributed by atoms with van der Waals surface area (Å²) in [6.07, 6.45) is -1.33. The van der Waals surface area contributed by atoms with Crippen LogP contribution in [0.25, 0.3) is 0 Å². The quantitative estimate of drug-likeness (QED) is 0.498. The van der Waals surface area contributed by atoms with Gasteiger partial charge in [0.05, 0.1) is 25.1 Å². The van der Waals surface area contributed by atoms with E-state index >= 15 is 8.78 Å². The summed E-state index contributed by atoms with van der Waals surface area (Å²) in [4.78, 5) is 20.4. The number of rotatable bonds is 6. The summed E-state index contributed by atoms with van der Waals surface area (Å²) >= 11 is 0.779. The summed E-state index contributed by atoms with van der Waals surface area (Å²) < 4.78 is 75.1. The number of thiazole rings is 1. The lowest BCUT2D eigenvalue weighted by atomic mass is 9.97. The fourth-order valence-corrected chi connectivity index (χ4v) is 6.62. The van der Waals surface area contributed by atoms with Crippen molar-refractivity contribution in [2.75, 3.05) is 35.3 Å². The number of nitrogens with one attached hydrogen (secondary N) is 1. The van der Waals surface area contributed by atoms with Gasteiger partial charge >= 0.3 is 6.18 Å². The van der Waals surface area contributed by atoms with E-state index in [9.17, 15) is 18.0 Å². The van der Waals surface area contributed by atoms with Crippen molar-refractivity contribution in [3.8, 4) is 0 Å². The number of hydrogen-bond donors (Lipinski definition) is 1. The van der Waals surface area contributed by atoms with Gasteiger partial charge in [0.2, 0.25) is 0 Å². The van der Waals surface area contributed by atoms with Gasteiger partial charge in [-0.3, -0.25) is 4.79 Å². The van der Waals surface area contributed by atoms with Crippen LogP contribution in [0.15, 0.2) is 12.1 Å². The number of aromatic nitrogens is 1. The highest BCUT2D eigenvalue weighted by atomic mass is 32.1. The summed E-state index contributed by atoms with van der Waals surface area (Å²) in [5.41, 5.74) is -1.13. The lowest BCUT2D eigenvalue weighted by Gasteiger charge is -2.46. The van der Waals surface area contributed by atoms with Crippen LogP contribution in [0.1, 0.15) is 54.4 Å². The summed E-state index contributed by atoms with van der Waals surface area (Å²) in [5, 5.41) is 2.61. The van der Waals surface area contributed by atoms with Crippen LogP contribution in [0, 0.1) is 11.6 Å². The first-order valence-electron chi connectivity index (χ1n) is 11.9. The largest absolute Gasteiger partial charge is 0.393 e. The molecule has 3 aliphatic heterocycles. The molecule has 12 heteroatoms. The first-order valence-corrected chi connectivity index (χ1v) is 12.7. The maximum absolute atomic E-state index is 15.1. The molecule has 2 bridgehead atoms. The molecule has 1 amide bonds. The first-order chi connectivity index (χ1) is 17.0. The summed E-state index contributed by atoms with van der Waals surface area (Å²) in [6, 6.07) is 2.21. The van der Waals surface area contributed by atoms with E-state index in [-0.39, 0.29) is 33.5 Å². The van der Waals surface area contributed by atoms with Crippen LogP contribution in [-0.2, 0) is 11.2 Å². The predicted octanol–water partition coefficient (Wildman–Crippen LogP) is 5.52. The molecule has 1 aromatic carbocycles. The number of carbonyl (C=O) groups excluding carboxylic acids is 1. The number of halogens is 5. The zero-order chi connectivity index (χ0) is 25.8. The lowest BCUT2D eigenvalue weighted by Crippen LogP contribution is -2.61. The number of anilines is 3. The fourth-order valence-electron chi connectivity index (χ4n) is 5.54. The molecule has 0 radical (unpaired) electrons. The number of alkyl halides is 3. The molecule has 2 unspecified atom stereocenters. The highest BCUT2D eigenvalue weighted by Gasteiger charge is 2.42. The van der Waals surface area contributed by atoms with Gasteiger partial charge in [0.25, 0.3) is 5.91 Å². The molecule has 0 aliphatic carbocycles. The van der Waals surface area contributed by atoms with Crippen LogP contribution in [0.4, 0.5) is 38.5 Å². The second-order valence-corrected chi connectivity index (χ2v) is 11.1. The van der Waals surface area contributed by atoms with Crippen LogP contribution < -0.4 is 15.1 Å². The van der Waals surface area contributed by atoms with Crippen molar-refractivity contribution in [1.82, 2.24) is 4.98 Å². The highest BCUT2D eigenvalue weighted by Crippen LogP contribution is 2.42. The average molecular weight is 531 g/mol. The molecular formula is C24H27F5N4O2S. The smallest absolute Gasteiger partial charge is 0.375 e. The fraction of sp³-hybridized carbons (Fsp3) is 0.583. The van der Waals surface area contributed by atoms with Crippen LogP contribution in [0.2, 0.25) is 0 Å². The maximum atomic E-state index is 15.1. The van der Waals surface area contributed by atoms with Crippen LogP contribution >= 0.6 is 11.3 Å². The van der Waals surface area contributed by atoms with Crippen molar-refractivity contribution < 1.29 is 31.5 Å². The highest BCUT2D eigenvalue weighted by molar-refractivity contribution is 7.16. The van der Waals surface area contributed by atoms with Gasteiger partial charge in [0.15, 0.2) is 16.8 Å². The molecule has 3 aliphatic rings. The number of benzene rings is 1. The van der Waals surface area contributed by atoms with Crippen molar-refractivity contribution in [3.63, 3.8) is 0 Å². The zero-order valence-electron chi connectivity index (χ0n) is 19.9. The standard InChI is InChI=1S/C24H27F5N4O2S/c1-23(35-2)11-32(12-23)22-31-19(18(36-22)10-24(27,28)29)21(34)30-13-8-16(25)20(17(26)9-13)33-14-4-3-5-15(33)7-6-14/h8-9,14-15H,3-7,10-12H2,1-2H3,(H,30,34). The van der Waals surface area contributed by atoms with Gasteiger partial charge in [0.1, 0.15) is 11.4 Å². The van der Waals surface area contributed by atoms with Crippen LogP contribution in [-0.4, -0.2) is 55.0 Å². The summed E-state index contributed by atoms with van der Waals surface area (Å²) in [6.45, 7) is 2.70. The van der Waals surface area contributed by atoms with E-state index in [1.165, 1.54) is 0 Å². The number of nitrogens with zero attached hydrogens (tertiary/aromatic N) is 3. The molecule has 6 nitrogen and oxygen atoms in total. The minimum absolute atomic E-state index is 0.0908. The van der Waals surface area contributed by atoms with Gasteiger partial charge in [-0.1, -0.05) is 0 Å². The average Bonchev–Trinajstić information content (AvgIpc) is 3.26. The van der Waals surface area contributed by atoms with E-state index < -0.39 is 41.4 Å². The number of piperidine rings is 1. The van der Waals surface area contributed by atoms with E-state index in [0.29, 0.717) is 13.1 Å². The molecule has 2 aromatic rings. The Morgan fingerprint density at radius 2 is 1.78 bits per heavy atom. The summed E-state index contributed by atoms with van der Waals surface area (Å²) in [5.74, 6) is -2.56. The molecule has 0 saturated carbocycles. The Morgan fingerprint density at radius 3 is 2.33 bits per heavy atom. The van der Waals surface area contributed by atoms with Crippen molar-refractivity contribution in [3.05, 3.63) is 34.3 Å². The SMILES string of the molecule is COC1(C)CN(c2nc(C(=O)Nc3cc(F)c(N4C5CCCC4CC5)c(F)c3)c(CC(F)(F)F)s2)C1. The topological polar surface area (TPSA) is 57.7 Å². The van der Waals surface area contributed by atoms with Crippen LogP contribution in [0.5, 0.6) is 0 Å². The third kappa shape index (κ3) is 4.77. The second-order valence-electron chi connectivity index (χ2n) is 10.0. The number of fused-ring (bicyclic) bond motifs is 2. The Balaban J connectivity index is 1.38. The van der Waals surface area contributed by atoms with Gasteiger partial charge in [0, 0.05) is 29.8 Å². The third-order valence-electron chi connectivity index (χ3n) is 7.30. The molecule has 4 heterocycles. The predicted molar refractivity (Wildman–Crippen MR) is 127 cm³/mol. The molecule has 3 saturated heterocycles. The second kappa shape index (κ2) is 9.13. The molecule has 36 heavy (non-hydrogen) atoms. The number of hydrogen-bond acceptors (Lipinski definition) is 6. The van der Waals surface area contributed by atoms with Gasteiger partial charge in [-0.05, 0) is 51.2 Å². The Labute approximate surface area is 209 Å². The van der Waals surface area contributed by atoms with E-state index in [1.54, 1.807) is 12.0 Å². The molecule has 1 N–H and O–H groups in total. The van der Waals surface area contributed by atoms with Crippen molar-refractivity contribution in [2.24, 2.45) is 0 Å². The van der Waals surface area contributed by atoms with Gasteiger partial charge in [-0.2, -0.15) is 13.2 Å². The zero-order valence-corrected chi connectivity index (χ0v) is 20.7. The Morgan fingerprint density at radius 1 is 1.17 bits per heavy atom. The molecule has 196 valence electrons. The number of amides is 1. The van der Waals surface area contributed by atoms with Crippen LogP contribution in [0.3, 0.4) is 0 Å². The minimum Gasteiger partial charge on any atom is -0.375 e. The summed E-state index contributed by atoms with van der Waals surface area (Å²) in [7, 11) is 1.55. The third-order valence-corrected chi connectivity index (χ3v) is 8.42. The molecular weight excluding hydrogens is 503 g/mol. The molecule has 1 aromatic heterocycles. The van der Waals surface area contributed by atoms with Gasteiger partial charge in [-0.15, -0.1) is 11.3 Å². The molecule has 0 spiro atoms. The van der Waals surface area contributed by atoms with E-state index in [2.05, 4.69) is 10.3 Å². The van der Waals surface area contributed by atoms with Crippen molar-refractivity contribution >= 4 is 33.8 Å². The number of methoxy groups -OCH3 is 1. The molecule has 3 fully saturated rings. The maximum Gasteiger partial charge on any atom is 0.393 e. The Bertz CT molecular complexity index is 1120. The number of ether oxygens (including phenoxy) is 1. The minimum atomic E-state index is -4.55.